The standard InChI is InChI=1S/C8H11ClSi/c1-10(2)8-6-4-3-5-7(8)9/h3-6,10H,1-2H3. The van der Waals surface area contributed by atoms with E-state index in [9.17, 15) is 0 Å². The first kappa shape index (κ1) is 7.83. The molecule has 0 fully saturated rings. The van der Waals surface area contributed by atoms with E-state index in [1.54, 1.807) is 0 Å². The van der Waals surface area contributed by atoms with Gasteiger partial charge in [-0.1, -0.05) is 42.9 Å². The summed E-state index contributed by atoms with van der Waals surface area (Å²) in [5, 5.41) is 2.30. The van der Waals surface area contributed by atoms with E-state index < -0.39 is 8.80 Å². The highest BCUT2D eigenvalue weighted by Gasteiger charge is 2.02. The van der Waals surface area contributed by atoms with E-state index in [-0.39, 0.29) is 0 Å². The molecule has 0 nitrogen and oxygen atoms in total. The van der Waals surface area contributed by atoms with Crippen molar-refractivity contribution in [2.75, 3.05) is 0 Å². The second-order valence-corrected chi connectivity index (χ2v) is 6.01. The van der Waals surface area contributed by atoms with Gasteiger partial charge in [0.25, 0.3) is 0 Å². The average molecular weight is 171 g/mol. The van der Waals surface area contributed by atoms with Crippen LogP contribution in [-0.2, 0) is 0 Å². The maximum atomic E-state index is 5.95. The highest BCUT2D eigenvalue weighted by molar-refractivity contribution is 6.73. The Balaban J connectivity index is 3.03. The maximum Gasteiger partial charge on any atom is 0.0666 e. The van der Waals surface area contributed by atoms with Crippen LogP contribution >= 0.6 is 11.6 Å². The summed E-state index contributed by atoms with van der Waals surface area (Å²) in [4.78, 5) is 0. The van der Waals surface area contributed by atoms with E-state index in [4.69, 9.17) is 11.6 Å². The molecule has 0 unspecified atom stereocenters. The molecule has 1 aromatic carbocycles. The van der Waals surface area contributed by atoms with Gasteiger partial charge in [0.2, 0.25) is 0 Å². The molecule has 0 amide bonds. The zero-order chi connectivity index (χ0) is 7.56. The van der Waals surface area contributed by atoms with Gasteiger partial charge in [0.05, 0.1) is 8.80 Å². The summed E-state index contributed by atoms with van der Waals surface area (Å²) in [6.07, 6.45) is 0. The fourth-order valence-corrected chi connectivity index (χ4v) is 2.88. The van der Waals surface area contributed by atoms with E-state index in [2.05, 4.69) is 19.2 Å². The predicted octanol–water partition coefficient (Wildman–Crippen LogP) is 2.03. The van der Waals surface area contributed by atoms with Crippen molar-refractivity contribution in [2.45, 2.75) is 13.1 Å². The normalized spacial score (nSPS) is 10.4. The van der Waals surface area contributed by atoms with Crippen LogP contribution in [-0.4, -0.2) is 8.80 Å². The third kappa shape index (κ3) is 1.61. The van der Waals surface area contributed by atoms with Gasteiger partial charge in [-0.15, -0.1) is 0 Å². The van der Waals surface area contributed by atoms with Crippen molar-refractivity contribution < 1.29 is 0 Å². The van der Waals surface area contributed by atoms with Gasteiger partial charge in [-0.3, -0.25) is 0 Å². The van der Waals surface area contributed by atoms with Crippen molar-refractivity contribution in [3.8, 4) is 0 Å². The molecule has 0 aromatic heterocycles. The molecule has 1 aromatic rings. The third-order valence-electron chi connectivity index (χ3n) is 1.53. The molecular formula is C8H11ClSi. The predicted molar refractivity (Wildman–Crippen MR) is 50.0 cm³/mol. The van der Waals surface area contributed by atoms with Crippen LogP contribution in [0.1, 0.15) is 0 Å². The minimum atomic E-state index is -0.700. The van der Waals surface area contributed by atoms with Gasteiger partial charge in [0.15, 0.2) is 0 Å². The van der Waals surface area contributed by atoms with Crippen LogP contribution < -0.4 is 5.19 Å². The Morgan fingerprint density at radius 1 is 1.20 bits per heavy atom. The van der Waals surface area contributed by atoms with Gasteiger partial charge in [-0.25, -0.2) is 0 Å². The molecule has 0 heterocycles. The third-order valence-corrected chi connectivity index (χ3v) is 3.80. The van der Waals surface area contributed by atoms with Crippen LogP contribution in [0.15, 0.2) is 24.3 Å². The van der Waals surface area contributed by atoms with Crippen LogP contribution in [0.3, 0.4) is 0 Å². The zero-order valence-electron chi connectivity index (χ0n) is 6.26. The Hall–Kier alpha value is -0.273. The topological polar surface area (TPSA) is 0 Å². The monoisotopic (exact) mass is 170 g/mol. The van der Waals surface area contributed by atoms with Gasteiger partial charge in [-0.05, 0) is 11.3 Å². The largest absolute Gasteiger partial charge is 0.0845 e. The SMILES string of the molecule is C[SiH](C)c1ccccc1Cl. The fraction of sp³-hybridized carbons (Fsp3) is 0.250. The Kier molecular flexibility index (Phi) is 2.52. The summed E-state index contributed by atoms with van der Waals surface area (Å²) in [5.41, 5.74) is 0. The van der Waals surface area contributed by atoms with Crippen molar-refractivity contribution in [1.82, 2.24) is 0 Å². The molecule has 2 heteroatoms. The molecule has 0 saturated heterocycles. The zero-order valence-corrected chi connectivity index (χ0v) is 8.18. The minimum absolute atomic E-state index is 0.700. The molecule has 0 radical (unpaired) electrons. The fourth-order valence-electron chi connectivity index (χ4n) is 0.943. The van der Waals surface area contributed by atoms with Crippen LogP contribution in [0.25, 0.3) is 0 Å². The Bertz CT molecular complexity index is 220. The Labute approximate surface area is 68.4 Å². The summed E-state index contributed by atoms with van der Waals surface area (Å²) in [6.45, 7) is 4.56. The number of benzene rings is 1. The molecule has 0 saturated carbocycles. The lowest BCUT2D eigenvalue weighted by Gasteiger charge is -2.04. The number of hydrogen-bond donors (Lipinski definition) is 0. The van der Waals surface area contributed by atoms with Crippen molar-refractivity contribution >= 4 is 25.6 Å². The second kappa shape index (κ2) is 3.22. The van der Waals surface area contributed by atoms with Gasteiger partial charge in [0, 0.05) is 5.02 Å². The van der Waals surface area contributed by atoms with E-state index in [1.807, 2.05) is 18.2 Å². The van der Waals surface area contributed by atoms with Gasteiger partial charge in [-0.2, -0.15) is 0 Å². The molecule has 0 aliphatic rings. The average Bonchev–Trinajstić information content (AvgIpc) is 1.88. The van der Waals surface area contributed by atoms with Crippen molar-refractivity contribution in [3.63, 3.8) is 0 Å². The molecule has 0 N–H and O–H groups in total. The summed E-state index contributed by atoms with van der Waals surface area (Å²) in [7, 11) is -0.700. The first-order valence-corrected chi connectivity index (χ1v) is 6.72. The van der Waals surface area contributed by atoms with E-state index in [0.717, 1.165) is 5.02 Å². The summed E-state index contributed by atoms with van der Waals surface area (Å²) >= 11 is 5.95. The van der Waals surface area contributed by atoms with Gasteiger partial charge >= 0.3 is 0 Å². The molecule has 0 atom stereocenters. The van der Waals surface area contributed by atoms with Crippen molar-refractivity contribution in [1.29, 1.82) is 0 Å². The highest BCUT2D eigenvalue weighted by atomic mass is 35.5. The summed E-state index contributed by atoms with van der Waals surface area (Å²) < 4.78 is 0. The van der Waals surface area contributed by atoms with E-state index in [1.165, 1.54) is 5.19 Å². The molecular weight excluding hydrogens is 160 g/mol. The van der Waals surface area contributed by atoms with Crippen LogP contribution in [0.2, 0.25) is 18.1 Å². The molecule has 10 heavy (non-hydrogen) atoms. The van der Waals surface area contributed by atoms with E-state index >= 15 is 0 Å². The first-order chi connectivity index (χ1) is 4.72. The van der Waals surface area contributed by atoms with Gasteiger partial charge < -0.3 is 0 Å². The summed E-state index contributed by atoms with van der Waals surface area (Å²) in [6, 6.07) is 8.11. The number of hydrogen-bond acceptors (Lipinski definition) is 0. The highest BCUT2D eigenvalue weighted by Crippen LogP contribution is 2.04. The van der Waals surface area contributed by atoms with Crippen molar-refractivity contribution in [2.24, 2.45) is 0 Å². The Morgan fingerprint density at radius 2 is 1.80 bits per heavy atom. The van der Waals surface area contributed by atoms with Crippen LogP contribution in [0.4, 0.5) is 0 Å². The second-order valence-electron chi connectivity index (χ2n) is 2.68. The lowest BCUT2D eigenvalue weighted by atomic mass is 10.4. The lowest BCUT2D eigenvalue weighted by molar-refractivity contribution is 1.74. The molecule has 0 aliphatic heterocycles. The first-order valence-electron chi connectivity index (χ1n) is 3.46. The molecule has 1 rings (SSSR count). The number of halogens is 1. The quantitative estimate of drug-likeness (QED) is 0.566. The smallest absolute Gasteiger partial charge is 0.0666 e. The maximum absolute atomic E-state index is 5.95. The lowest BCUT2D eigenvalue weighted by Crippen LogP contribution is -2.23. The Morgan fingerprint density at radius 3 is 2.20 bits per heavy atom. The molecule has 0 bridgehead atoms. The molecule has 54 valence electrons. The minimum Gasteiger partial charge on any atom is -0.0845 e. The van der Waals surface area contributed by atoms with Crippen molar-refractivity contribution in [3.05, 3.63) is 29.3 Å². The summed E-state index contributed by atoms with van der Waals surface area (Å²) in [5.74, 6) is 0. The number of rotatable bonds is 1. The van der Waals surface area contributed by atoms with Crippen LogP contribution in [0.5, 0.6) is 0 Å². The molecule has 0 spiro atoms. The van der Waals surface area contributed by atoms with Gasteiger partial charge in [0.1, 0.15) is 0 Å². The van der Waals surface area contributed by atoms with Crippen LogP contribution in [0, 0.1) is 0 Å². The molecule has 0 aliphatic carbocycles. The van der Waals surface area contributed by atoms with E-state index in [0.29, 0.717) is 0 Å².